The summed E-state index contributed by atoms with van der Waals surface area (Å²) in [5.41, 5.74) is 3.29. The number of hydrogen-bond acceptors (Lipinski definition) is 2. The number of aromatic nitrogens is 2. The number of nitrogens with one attached hydrogen (secondary N) is 1. The number of benzene rings is 1. The van der Waals surface area contributed by atoms with Crippen LogP contribution in [0.3, 0.4) is 0 Å². The molecule has 0 aliphatic heterocycles. The molecule has 0 aliphatic carbocycles. The maximum atomic E-state index is 12.2. The molecule has 2 aromatic rings. The Balaban J connectivity index is 2.25. The highest BCUT2D eigenvalue weighted by Crippen LogP contribution is 2.19. The molecule has 4 nitrogen and oxygen atoms in total. The van der Waals surface area contributed by atoms with Crippen LogP contribution in [0.1, 0.15) is 28.7 Å². The molecule has 0 aliphatic rings. The molecule has 1 amide bonds. The van der Waals surface area contributed by atoms with Crippen molar-refractivity contribution in [3.63, 3.8) is 0 Å². The van der Waals surface area contributed by atoms with Crippen LogP contribution < -0.4 is 5.32 Å². The molecule has 19 heavy (non-hydrogen) atoms. The molecule has 1 N–H and O–H groups in total. The topological polar surface area (TPSA) is 46.9 Å². The van der Waals surface area contributed by atoms with Crippen molar-refractivity contribution < 1.29 is 4.79 Å². The van der Waals surface area contributed by atoms with Crippen LogP contribution >= 0.6 is 15.9 Å². The Hall–Kier alpha value is -1.62. The van der Waals surface area contributed by atoms with Gasteiger partial charge >= 0.3 is 0 Å². The van der Waals surface area contributed by atoms with E-state index < -0.39 is 0 Å². The molecule has 0 spiro atoms. The van der Waals surface area contributed by atoms with E-state index in [4.69, 9.17) is 0 Å². The zero-order chi connectivity index (χ0) is 14.0. The van der Waals surface area contributed by atoms with E-state index in [2.05, 4.69) is 26.3 Å². The Labute approximate surface area is 120 Å². The van der Waals surface area contributed by atoms with E-state index in [0.717, 1.165) is 21.4 Å². The lowest BCUT2D eigenvalue weighted by Gasteiger charge is -2.08. The predicted molar refractivity (Wildman–Crippen MR) is 79.5 cm³/mol. The van der Waals surface area contributed by atoms with Crippen LogP contribution in [0, 0.1) is 13.8 Å². The normalized spacial score (nSPS) is 10.5. The van der Waals surface area contributed by atoms with Crippen LogP contribution in [0.25, 0.3) is 0 Å². The maximum Gasteiger partial charge on any atom is 0.273 e. The average molecular weight is 322 g/mol. The van der Waals surface area contributed by atoms with Crippen molar-refractivity contribution in [3.8, 4) is 0 Å². The van der Waals surface area contributed by atoms with Gasteiger partial charge in [-0.3, -0.25) is 9.48 Å². The van der Waals surface area contributed by atoms with Gasteiger partial charge in [0.1, 0.15) is 5.69 Å². The minimum Gasteiger partial charge on any atom is -0.321 e. The monoisotopic (exact) mass is 321 g/mol. The molecule has 0 bridgehead atoms. The first-order valence-electron chi connectivity index (χ1n) is 6.12. The zero-order valence-corrected chi connectivity index (χ0v) is 12.8. The van der Waals surface area contributed by atoms with E-state index in [1.807, 2.05) is 39.0 Å². The van der Waals surface area contributed by atoms with Crippen molar-refractivity contribution in [1.29, 1.82) is 0 Å². The van der Waals surface area contributed by atoms with Crippen molar-refractivity contribution in [1.82, 2.24) is 9.78 Å². The van der Waals surface area contributed by atoms with Gasteiger partial charge in [0.05, 0.1) is 5.69 Å². The fourth-order valence-electron chi connectivity index (χ4n) is 1.97. The summed E-state index contributed by atoms with van der Waals surface area (Å²) in [5, 5.41) is 7.17. The molecule has 0 saturated carbocycles. The van der Waals surface area contributed by atoms with Gasteiger partial charge in [0, 0.05) is 16.7 Å². The van der Waals surface area contributed by atoms with Crippen LogP contribution in [0.5, 0.6) is 0 Å². The van der Waals surface area contributed by atoms with Crippen molar-refractivity contribution in [2.24, 2.45) is 0 Å². The highest BCUT2D eigenvalue weighted by atomic mass is 79.9. The molecule has 1 aromatic carbocycles. The minimum atomic E-state index is -0.139. The molecule has 0 atom stereocenters. The Morgan fingerprint density at radius 2 is 2.05 bits per heavy atom. The summed E-state index contributed by atoms with van der Waals surface area (Å²) in [6, 6.07) is 7.60. The Kier molecular flexibility index (Phi) is 4.04. The van der Waals surface area contributed by atoms with E-state index in [1.165, 1.54) is 0 Å². The third-order valence-corrected chi connectivity index (χ3v) is 3.19. The number of rotatable bonds is 3. The van der Waals surface area contributed by atoms with Gasteiger partial charge in [-0.05, 0) is 50.6 Å². The molecule has 5 heteroatoms. The second kappa shape index (κ2) is 5.57. The molecule has 1 aromatic heterocycles. The molecule has 1 heterocycles. The SMILES string of the molecule is CCn1nc(C)cc1C(=O)Nc1cc(C)cc(Br)c1. The van der Waals surface area contributed by atoms with Gasteiger partial charge in [-0.2, -0.15) is 5.10 Å². The van der Waals surface area contributed by atoms with E-state index in [0.29, 0.717) is 12.2 Å². The van der Waals surface area contributed by atoms with Crippen molar-refractivity contribution in [3.05, 3.63) is 45.7 Å². The summed E-state index contributed by atoms with van der Waals surface area (Å²) in [6.45, 7) is 6.51. The lowest BCUT2D eigenvalue weighted by Crippen LogP contribution is -2.17. The fourth-order valence-corrected chi connectivity index (χ4v) is 2.58. The van der Waals surface area contributed by atoms with E-state index >= 15 is 0 Å². The van der Waals surface area contributed by atoms with Crippen LogP contribution in [0.2, 0.25) is 0 Å². The number of carbonyl (C=O) groups excluding carboxylic acids is 1. The molecule has 100 valence electrons. The van der Waals surface area contributed by atoms with Gasteiger partial charge in [0.25, 0.3) is 5.91 Å². The molecule has 0 saturated heterocycles. The first-order chi connectivity index (χ1) is 8.99. The largest absolute Gasteiger partial charge is 0.321 e. The van der Waals surface area contributed by atoms with Crippen LogP contribution in [0.15, 0.2) is 28.7 Å². The lowest BCUT2D eigenvalue weighted by atomic mass is 10.2. The maximum absolute atomic E-state index is 12.2. The molecule has 0 radical (unpaired) electrons. The number of nitrogens with zero attached hydrogens (tertiary/aromatic N) is 2. The summed E-state index contributed by atoms with van der Waals surface area (Å²) in [6.07, 6.45) is 0. The van der Waals surface area contributed by atoms with Gasteiger partial charge in [0.2, 0.25) is 0 Å². The minimum absolute atomic E-state index is 0.139. The summed E-state index contributed by atoms with van der Waals surface area (Å²) < 4.78 is 2.65. The average Bonchev–Trinajstić information content (AvgIpc) is 2.69. The van der Waals surface area contributed by atoms with Crippen LogP contribution in [-0.2, 0) is 6.54 Å². The Morgan fingerprint density at radius 3 is 2.68 bits per heavy atom. The predicted octanol–water partition coefficient (Wildman–Crippen LogP) is 3.53. The summed E-state index contributed by atoms with van der Waals surface area (Å²) in [4.78, 5) is 12.2. The quantitative estimate of drug-likeness (QED) is 0.939. The van der Waals surface area contributed by atoms with Gasteiger partial charge in [-0.15, -0.1) is 0 Å². The van der Waals surface area contributed by atoms with Gasteiger partial charge in [-0.25, -0.2) is 0 Å². The molecular weight excluding hydrogens is 306 g/mol. The number of carbonyl (C=O) groups is 1. The van der Waals surface area contributed by atoms with E-state index in [9.17, 15) is 4.79 Å². The number of anilines is 1. The number of amides is 1. The summed E-state index contributed by atoms with van der Waals surface area (Å²) in [5.74, 6) is -0.139. The third-order valence-electron chi connectivity index (χ3n) is 2.73. The van der Waals surface area contributed by atoms with Gasteiger partial charge in [0.15, 0.2) is 0 Å². The molecule has 0 fully saturated rings. The van der Waals surface area contributed by atoms with E-state index in [-0.39, 0.29) is 5.91 Å². The molecule has 2 rings (SSSR count). The summed E-state index contributed by atoms with van der Waals surface area (Å²) >= 11 is 3.42. The second-order valence-electron chi connectivity index (χ2n) is 4.46. The highest BCUT2D eigenvalue weighted by molar-refractivity contribution is 9.10. The van der Waals surface area contributed by atoms with E-state index in [1.54, 1.807) is 10.7 Å². The fraction of sp³-hybridized carbons (Fsp3) is 0.286. The summed E-state index contributed by atoms with van der Waals surface area (Å²) in [7, 11) is 0. The van der Waals surface area contributed by atoms with Crippen LogP contribution in [-0.4, -0.2) is 15.7 Å². The standard InChI is InChI=1S/C14H16BrN3O/c1-4-18-13(7-10(3)17-18)14(19)16-12-6-9(2)5-11(15)8-12/h5-8H,4H2,1-3H3,(H,16,19). The number of halogens is 1. The highest BCUT2D eigenvalue weighted by Gasteiger charge is 2.13. The second-order valence-corrected chi connectivity index (χ2v) is 5.37. The van der Waals surface area contributed by atoms with Crippen LogP contribution in [0.4, 0.5) is 5.69 Å². The molecular formula is C14H16BrN3O. The van der Waals surface area contributed by atoms with Gasteiger partial charge in [-0.1, -0.05) is 15.9 Å². The number of aryl methyl sites for hydroxylation is 3. The lowest BCUT2D eigenvalue weighted by molar-refractivity contribution is 0.101. The van der Waals surface area contributed by atoms with Gasteiger partial charge < -0.3 is 5.32 Å². The van der Waals surface area contributed by atoms with Crippen molar-refractivity contribution >= 4 is 27.5 Å². The first-order valence-corrected chi connectivity index (χ1v) is 6.92. The smallest absolute Gasteiger partial charge is 0.273 e. The Morgan fingerprint density at radius 1 is 1.32 bits per heavy atom. The third kappa shape index (κ3) is 3.23. The van der Waals surface area contributed by atoms with Crippen molar-refractivity contribution in [2.45, 2.75) is 27.3 Å². The zero-order valence-electron chi connectivity index (χ0n) is 11.2. The molecule has 0 unspecified atom stereocenters. The van der Waals surface area contributed by atoms with Crippen molar-refractivity contribution in [2.75, 3.05) is 5.32 Å². The Bertz CT molecular complexity index is 599. The first kappa shape index (κ1) is 13.8. The number of hydrogen-bond donors (Lipinski definition) is 1.